The molecule has 0 saturated carbocycles. The fourth-order valence-corrected chi connectivity index (χ4v) is 1.36. The number of pyridine rings is 1. The number of thiocarbonyl (C=S) groups is 1. The van der Waals surface area contributed by atoms with E-state index in [2.05, 4.69) is 10.3 Å². The molecule has 1 aromatic heterocycles. The van der Waals surface area contributed by atoms with Crippen LogP contribution in [0.2, 0.25) is 0 Å². The summed E-state index contributed by atoms with van der Waals surface area (Å²) >= 11 is 4.84. The Morgan fingerprint density at radius 1 is 1.62 bits per heavy atom. The van der Waals surface area contributed by atoms with Crippen LogP contribution in [0.3, 0.4) is 0 Å². The van der Waals surface area contributed by atoms with E-state index in [0.29, 0.717) is 4.99 Å². The molecular weight excluding hydrogens is 222 g/mol. The number of nitrogens with one attached hydrogen (secondary N) is 1. The number of hydrogen-bond acceptors (Lipinski definition) is 4. The number of nitrogens with zero attached hydrogens (tertiary/aromatic N) is 1. The molecule has 0 radical (unpaired) electrons. The molecule has 16 heavy (non-hydrogen) atoms. The monoisotopic (exact) mass is 239 g/mol. The Kier molecular flexibility index (Phi) is 5.14. The van der Waals surface area contributed by atoms with Gasteiger partial charge in [0.25, 0.3) is 0 Å². The van der Waals surface area contributed by atoms with Crippen molar-refractivity contribution in [3.63, 3.8) is 0 Å². The van der Waals surface area contributed by atoms with Crippen LogP contribution >= 0.6 is 12.2 Å². The summed E-state index contributed by atoms with van der Waals surface area (Å²) < 4.78 is 5.39. The second-order valence-corrected chi connectivity index (χ2v) is 3.88. The van der Waals surface area contributed by atoms with Crippen molar-refractivity contribution in [1.82, 2.24) is 4.98 Å². The highest BCUT2D eigenvalue weighted by Gasteiger charge is 2.01. The Hall–Kier alpha value is -1.20. The Balaban J connectivity index is 2.46. The summed E-state index contributed by atoms with van der Waals surface area (Å²) in [6.45, 7) is 5.44. The molecule has 0 aliphatic heterocycles. The largest absolute Gasteiger partial charge is 0.389 e. The third kappa shape index (κ3) is 4.12. The van der Waals surface area contributed by atoms with E-state index in [-0.39, 0.29) is 6.10 Å². The van der Waals surface area contributed by atoms with Crippen molar-refractivity contribution < 1.29 is 4.74 Å². The minimum atomic E-state index is 0.169. The van der Waals surface area contributed by atoms with E-state index in [1.165, 1.54) is 0 Å². The van der Waals surface area contributed by atoms with Crippen molar-refractivity contribution in [2.75, 3.05) is 18.5 Å². The van der Waals surface area contributed by atoms with E-state index in [0.717, 1.165) is 24.5 Å². The molecule has 0 fully saturated rings. The lowest BCUT2D eigenvalue weighted by atomic mass is 10.3. The zero-order valence-corrected chi connectivity index (χ0v) is 10.4. The zero-order valence-electron chi connectivity index (χ0n) is 9.56. The molecule has 0 bridgehead atoms. The van der Waals surface area contributed by atoms with Gasteiger partial charge in [-0.15, -0.1) is 0 Å². The molecule has 3 N–H and O–H groups in total. The first-order chi connectivity index (χ1) is 7.63. The molecule has 1 aromatic rings. The predicted molar refractivity (Wildman–Crippen MR) is 69.7 cm³/mol. The van der Waals surface area contributed by atoms with Crippen LogP contribution in [0.25, 0.3) is 0 Å². The molecule has 1 unspecified atom stereocenters. The maximum atomic E-state index is 5.48. The van der Waals surface area contributed by atoms with Crippen LogP contribution in [0.1, 0.15) is 19.4 Å². The molecule has 0 saturated heterocycles. The number of nitrogens with two attached hydrogens (primary N) is 1. The van der Waals surface area contributed by atoms with Crippen LogP contribution in [0.4, 0.5) is 5.82 Å². The van der Waals surface area contributed by atoms with Crippen LogP contribution in [-0.4, -0.2) is 29.2 Å². The topological polar surface area (TPSA) is 60.2 Å². The fourth-order valence-electron chi connectivity index (χ4n) is 1.24. The Bertz CT molecular complexity index is 340. The minimum absolute atomic E-state index is 0.169. The molecular formula is C11H17N3OS. The molecule has 0 aromatic carbocycles. The maximum absolute atomic E-state index is 5.48. The number of anilines is 1. The minimum Gasteiger partial charge on any atom is -0.389 e. The first kappa shape index (κ1) is 12.9. The molecule has 1 rings (SSSR count). The molecule has 0 spiro atoms. The molecule has 0 aliphatic rings. The average Bonchev–Trinajstić information content (AvgIpc) is 2.27. The van der Waals surface area contributed by atoms with Crippen LogP contribution in [-0.2, 0) is 4.74 Å². The molecule has 0 aliphatic carbocycles. The van der Waals surface area contributed by atoms with Crippen molar-refractivity contribution in [2.24, 2.45) is 5.73 Å². The van der Waals surface area contributed by atoms with Gasteiger partial charge in [0, 0.05) is 24.9 Å². The van der Waals surface area contributed by atoms with Gasteiger partial charge in [-0.3, -0.25) is 0 Å². The van der Waals surface area contributed by atoms with Gasteiger partial charge in [0.05, 0.1) is 6.10 Å². The van der Waals surface area contributed by atoms with Crippen molar-refractivity contribution in [2.45, 2.75) is 20.0 Å². The zero-order chi connectivity index (χ0) is 12.0. The van der Waals surface area contributed by atoms with Gasteiger partial charge in [-0.25, -0.2) is 4.98 Å². The van der Waals surface area contributed by atoms with E-state index < -0.39 is 0 Å². The second kappa shape index (κ2) is 6.40. The van der Waals surface area contributed by atoms with Crippen LogP contribution in [0.5, 0.6) is 0 Å². The Labute approximate surface area is 101 Å². The van der Waals surface area contributed by atoms with E-state index in [1.807, 2.05) is 26.0 Å². The summed E-state index contributed by atoms with van der Waals surface area (Å²) in [5.41, 5.74) is 6.25. The third-order valence-corrected chi connectivity index (χ3v) is 2.31. The number of hydrogen-bond donors (Lipinski definition) is 2. The van der Waals surface area contributed by atoms with Crippen molar-refractivity contribution in [1.29, 1.82) is 0 Å². The summed E-state index contributed by atoms with van der Waals surface area (Å²) in [4.78, 5) is 4.56. The summed E-state index contributed by atoms with van der Waals surface area (Å²) in [5.74, 6) is 0.798. The highest BCUT2D eigenvalue weighted by Crippen LogP contribution is 2.05. The smallest absolute Gasteiger partial charge is 0.126 e. The van der Waals surface area contributed by atoms with Crippen molar-refractivity contribution in [3.05, 3.63) is 23.9 Å². The average molecular weight is 239 g/mol. The lowest BCUT2D eigenvalue weighted by molar-refractivity contribution is 0.0855. The molecule has 4 nitrogen and oxygen atoms in total. The van der Waals surface area contributed by atoms with Gasteiger partial charge in [0.15, 0.2) is 0 Å². The number of rotatable bonds is 6. The SMILES string of the molecule is CCOC(C)CNc1ccc(C(N)=S)cn1. The van der Waals surface area contributed by atoms with E-state index in [4.69, 9.17) is 22.7 Å². The molecule has 0 amide bonds. The second-order valence-electron chi connectivity index (χ2n) is 3.44. The van der Waals surface area contributed by atoms with Gasteiger partial charge in [0.2, 0.25) is 0 Å². The Morgan fingerprint density at radius 3 is 2.88 bits per heavy atom. The molecule has 1 heterocycles. The Morgan fingerprint density at radius 2 is 2.38 bits per heavy atom. The number of ether oxygens (including phenoxy) is 1. The number of aromatic nitrogens is 1. The van der Waals surface area contributed by atoms with E-state index in [1.54, 1.807) is 6.20 Å². The first-order valence-corrected chi connectivity index (χ1v) is 5.65. The highest BCUT2D eigenvalue weighted by molar-refractivity contribution is 7.80. The summed E-state index contributed by atoms with van der Waals surface area (Å²) in [7, 11) is 0. The van der Waals surface area contributed by atoms with E-state index in [9.17, 15) is 0 Å². The highest BCUT2D eigenvalue weighted by atomic mass is 32.1. The molecule has 1 atom stereocenters. The van der Waals surface area contributed by atoms with E-state index >= 15 is 0 Å². The van der Waals surface area contributed by atoms with Crippen molar-refractivity contribution >= 4 is 23.0 Å². The summed E-state index contributed by atoms with van der Waals surface area (Å²) in [6, 6.07) is 3.70. The maximum Gasteiger partial charge on any atom is 0.126 e. The van der Waals surface area contributed by atoms with Gasteiger partial charge in [0.1, 0.15) is 10.8 Å². The van der Waals surface area contributed by atoms with Gasteiger partial charge >= 0.3 is 0 Å². The predicted octanol–water partition coefficient (Wildman–Crippen LogP) is 1.55. The molecule has 88 valence electrons. The van der Waals surface area contributed by atoms with Gasteiger partial charge in [-0.1, -0.05) is 12.2 Å². The van der Waals surface area contributed by atoms with Crippen LogP contribution in [0, 0.1) is 0 Å². The molecule has 5 heteroatoms. The summed E-state index contributed by atoms with van der Waals surface area (Å²) in [5, 5.41) is 3.18. The van der Waals surface area contributed by atoms with Gasteiger partial charge in [-0.2, -0.15) is 0 Å². The summed E-state index contributed by atoms with van der Waals surface area (Å²) in [6.07, 6.45) is 1.83. The standard InChI is InChI=1S/C11H17N3OS/c1-3-15-8(2)6-13-10-5-4-9(7-14-10)11(12)16/h4-5,7-8H,3,6H2,1-2H3,(H2,12,16)(H,13,14). The quantitative estimate of drug-likeness (QED) is 0.738. The lowest BCUT2D eigenvalue weighted by Gasteiger charge is -2.12. The van der Waals surface area contributed by atoms with Gasteiger partial charge in [-0.05, 0) is 26.0 Å². The van der Waals surface area contributed by atoms with Crippen molar-refractivity contribution in [3.8, 4) is 0 Å². The van der Waals surface area contributed by atoms with Crippen LogP contribution in [0.15, 0.2) is 18.3 Å². The lowest BCUT2D eigenvalue weighted by Crippen LogP contribution is -2.20. The first-order valence-electron chi connectivity index (χ1n) is 5.24. The van der Waals surface area contributed by atoms with Gasteiger partial charge < -0.3 is 15.8 Å². The van der Waals surface area contributed by atoms with Crippen LogP contribution < -0.4 is 11.1 Å². The third-order valence-electron chi connectivity index (χ3n) is 2.07. The normalized spacial score (nSPS) is 12.1. The fraction of sp³-hybridized carbons (Fsp3) is 0.455.